The summed E-state index contributed by atoms with van der Waals surface area (Å²) >= 11 is 0. The largest absolute Gasteiger partial charge is 0.496 e. The van der Waals surface area contributed by atoms with Crippen molar-refractivity contribution >= 4 is 11.8 Å². The molecule has 4 rings (SSSR count). The average Bonchev–Trinajstić information content (AvgIpc) is 3.41. The summed E-state index contributed by atoms with van der Waals surface area (Å²) in [6.07, 6.45) is 2.55. The van der Waals surface area contributed by atoms with Gasteiger partial charge in [-0.2, -0.15) is 0 Å². The quantitative estimate of drug-likeness (QED) is 0.328. The van der Waals surface area contributed by atoms with Gasteiger partial charge in [-0.1, -0.05) is 43.3 Å². The van der Waals surface area contributed by atoms with Gasteiger partial charge in [-0.05, 0) is 50.6 Å². The summed E-state index contributed by atoms with van der Waals surface area (Å²) in [6.45, 7) is 9.71. The number of likely N-dealkylation sites (N-methyl/N-ethyl adjacent to an activating group) is 1. The number of anilines is 1. The average molecular weight is 504 g/mol. The first-order valence-electron chi connectivity index (χ1n) is 13.0. The smallest absolute Gasteiger partial charge is 0.342 e. The molecule has 0 bridgehead atoms. The van der Waals surface area contributed by atoms with Gasteiger partial charge >= 0.3 is 5.97 Å². The minimum absolute atomic E-state index is 0.174. The number of rotatable bonds is 11. The molecule has 2 aromatic carbocycles. The molecule has 1 fully saturated rings. The molecule has 1 saturated heterocycles. The molecule has 1 aliphatic rings. The van der Waals surface area contributed by atoms with Gasteiger partial charge in [0.2, 0.25) is 0 Å². The van der Waals surface area contributed by atoms with E-state index in [-0.39, 0.29) is 12.1 Å². The molecule has 2 heterocycles. The van der Waals surface area contributed by atoms with Gasteiger partial charge in [0.1, 0.15) is 29.5 Å². The highest BCUT2D eigenvalue weighted by Gasteiger charge is 2.31. The first kappa shape index (κ1) is 26.5. The van der Waals surface area contributed by atoms with Crippen molar-refractivity contribution in [3.63, 3.8) is 0 Å². The number of hydrogen-bond donors (Lipinski definition) is 0. The minimum Gasteiger partial charge on any atom is -0.496 e. The van der Waals surface area contributed by atoms with Gasteiger partial charge in [0.05, 0.1) is 13.2 Å². The molecule has 0 radical (unpaired) electrons. The Balaban J connectivity index is 1.42. The molecule has 1 atom stereocenters. The topological polar surface area (TPSA) is 64.1 Å². The van der Waals surface area contributed by atoms with Crippen LogP contribution in [0.4, 0.5) is 5.82 Å². The first-order valence-corrected chi connectivity index (χ1v) is 13.0. The molecule has 7 nitrogen and oxygen atoms in total. The summed E-state index contributed by atoms with van der Waals surface area (Å²) in [6, 6.07) is 20.1. The number of nitrogens with zero attached hydrogens (tertiary/aromatic N) is 3. The molecule has 7 heteroatoms. The highest BCUT2D eigenvalue weighted by molar-refractivity contribution is 5.95. The number of pyridine rings is 1. The van der Waals surface area contributed by atoms with E-state index >= 15 is 0 Å². The van der Waals surface area contributed by atoms with Crippen LogP contribution in [-0.4, -0.2) is 54.7 Å². The number of methoxy groups -OCH3 is 1. The first-order chi connectivity index (χ1) is 18.0. The lowest BCUT2D eigenvalue weighted by atomic mass is 10.1. The fourth-order valence-electron chi connectivity index (χ4n) is 4.72. The number of ether oxygens (including phenoxy) is 3. The fourth-order valence-corrected chi connectivity index (χ4v) is 4.72. The Morgan fingerprint density at radius 1 is 1.14 bits per heavy atom. The van der Waals surface area contributed by atoms with E-state index in [9.17, 15) is 4.79 Å². The molecule has 0 spiro atoms. The minimum atomic E-state index is -0.326. The van der Waals surface area contributed by atoms with E-state index in [1.54, 1.807) is 25.4 Å². The van der Waals surface area contributed by atoms with Crippen LogP contribution in [-0.2, 0) is 17.9 Å². The normalized spacial score (nSPS) is 15.3. The van der Waals surface area contributed by atoms with E-state index < -0.39 is 0 Å². The summed E-state index contributed by atoms with van der Waals surface area (Å²) in [5, 5.41) is 0. The lowest BCUT2D eigenvalue weighted by Gasteiger charge is -2.29. The molecule has 37 heavy (non-hydrogen) atoms. The zero-order valence-electron chi connectivity index (χ0n) is 22.2. The molecule has 196 valence electrons. The van der Waals surface area contributed by atoms with E-state index in [0.717, 1.165) is 55.2 Å². The third-order valence-corrected chi connectivity index (χ3v) is 6.62. The van der Waals surface area contributed by atoms with Crippen LogP contribution in [0.5, 0.6) is 11.5 Å². The third kappa shape index (κ3) is 6.80. The van der Waals surface area contributed by atoms with Crippen LogP contribution < -0.4 is 14.4 Å². The zero-order valence-corrected chi connectivity index (χ0v) is 22.2. The van der Waals surface area contributed by atoms with Crippen LogP contribution in [0.15, 0.2) is 66.9 Å². The van der Waals surface area contributed by atoms with Gasteiger partial charge in [0.15, 0.2) is 0 Å². The van der Waals surface area contributed by atoms with Crippen LogP contribution in [0.3, 0.4) is 0 Å². The van der Waals surface area contributed by atoms with Crippen LogP contribution >= 0.6 is 0 Å². The van der Waals surface area contributed by atoms with Crippen molar-refractivity contribution in [3.8, 4) is 11.5 Å². The fraction of sp³-hybridized carbons (Fsp3) is 0.400. The highest BCUT2D eigenvalue weighted by Crippen LogP contribution is 2.30. The number of esters is 1. The molecule has 0 aliphatic carbocycles. The Morgan fingerprint density at radius 2 is 1.95 bits per heavy atom. The predicted octanol–water partition coefficient (Wildman–Crippen LogP) is 5.34. The SMILES string of the molecule is CCN(Cc1ccc(OCc2ccccc2)cc1OC)[C@H]1CCN(c2ncccc2C(=O)OC(C)C)C1. The summed E-state index contributed by atoms with van der Waals surface area (Å²) in [4.78, 5) is 21.8. The van der Waals surface area contributed by atoms with Gasteiger partial charge in [-0.15, -0.1) is 0 Å². The van der Waals surface area contributed by atoms with Crippen LogP contribution in [0.1, 0.15) is 48.7 Å². The van der Waals surface area contributed by atoms with Crippen LogP contribution in [0, 0.1) is 0 Å². The van der Waals surface area contributed by atoms with Gasteiger partial charge in [-0.25, -0.2) is 9.78 Å². The molecule has 1 aliphatic heterocycles. The maximum Gasteiger partial charge on any atom is 0.342 e. The van der Waals surface area contributed by atoms with Gasteiger partial charge in [-0.3, -0.25) is 4.90 Å². The number of carbonyl (C=O) groups is 1. The molecule has 0 saturated carbocycles. The zero-order chi connectivity index (χ0) is 26.2. The Labute approximate surface area is 220 Å². The molecule has 0 N–H and O–H groups in total. The van der Waals surface area contributed by atoms with Crippen LogP contribution in [0.2, 0.25) is 0 Å². The third-order valence-electron chi connectivity index (χ3n) is 6.62. The van der Waals surface area contributed by atoms with E-state index in [1.165, 1.54) is 0 Å². The monoisotopic (exact) mass is 503 g/mol. The van der Waals surface area contributed by atoms with Crippen molar-refractivity contribution in [3.05, 3.63) is 83.6 Å². The Bertz CT molecular complexity index is 1170. The van der Waals surface area contributed by atoms with E-state index in [1.807, 2.05) is 44.2 Å². The summed E-state index contributed by atoms with van der Waals surface area (Å²) in [5.41, 5.74) is 2.77. The second kappa shape index (κ2) is 12.6. The highest BCUT2D eigenvalue weighted by atomic mass is 16.5. The van der Waals surface area contributed by atoms with Crippen molar-refractivity contribution in [2.45, 2.75) is 52.5 Å². The Hall–Kier alpha value is -3.58. The molecule has 0 amide bonds. The number of carbonyl (C=O) groups excluding carboxylic acids is 1. The second-order valence-electron chi connectivity index (χ2n) is 9.53. The molecular weight excluding hydrogens is 466 g/mol. The summed E-state index contributed by atoms with van der Waals surface area (Å²) in [5.74, 6) is 1.98. The van der Waals surface area contributed by atoms with Gasteiger partial charge < -0.3 is 19.1 Å². The predicted molar refractivity (Wildman–Crippen MR) is 145 cm³/mol. The number of hydrogen-bond acceptors (Lipinski definition) is 7. The molecule has 3 aromatic rings. The standard InChI is InChI=1S/C30H37N3O4/c1-5-32(19-24-13-14-26(18-28(24)35-4)36-21-23-10-7-6-8-11-23)25-15-17-33(20-25)29-27(12-9-16-31-29)30(34)37-22(2)3/h6-14,16,18,22,25H,5,15,17,19-21H2,1-4H3/t25-/m0/s1. The molecular formula is C30H37N3O4. The number of benzene rings is 2. The number of aromatic nitrogens is 1. The van der Waals surface area contributed by atoms with Crippen LogP contribution in [0.25, 0.3) is 0 Å². The van der Waals surface area contributed by atoms with Gasteiger partial charge in [0.25, 0.3) is 0 Å². The van der Waals surface area contributed by atoms with Crippen molar-refractivity contribution in [1.82, 2.24) is 9.88 Å². The maximum atomic E-state index is 12.6. The lowest BCUT2D eigenvalue weighted by Crippen LogP contribution is -2.37. The summed E-state index contributed by atoms with van der Waals surface area (Å²) in [7, 11) is 1.70. The summed E-state index contributed by atoms with van der Waals surface area (Å²) < 4.78 is 17.2. The van der Waals surface area contributed by atoms with Crippen molar-refractivity contribution in [2.75, 3.05) is 31.6 Å². The van der Waals surface area contributed by atoms with Crippen molar-refractivity contribution < 1.29 is 19.0 Å². The van der Waals surface area contributed by atoms with E-state index in [2.05, 4.69) is 39.9 Å². The van der Waals surface area contributed by atoms with E-state index in [0.29, 0.717) is 24.0 Å². The second-order valence-corrected chi connectivity index (χ2v) is 9.53. The van der Waals surface area contributed by atoms with Gasteiger partial charge in [0, 0.05) is 43.5 Å². The lowest BCUT2D eigenvalue weighted by molar-refractivity contribution is 0.0378. The molecule has 1 aromatic heterocycles. The van der Waals surface area contributed by atoms with Crippen molar-refractivity contribution in [2.24, 2.45) is 0 Å². The Morgan fingerprint density at radius 3 is 2.68 bits per heavy atom. The van der Waals surface area contributed by atoms with E-state index in [4.69, 9.17) is 14.2 Å². The maximum absolute atomic E-state index is 12.6. The Kier molecular flexibility index (Phi) is 9.01. The molecule has 0 unspecified atom stereocenters. The van der Waals surface area contributed by atoms with Crippen molar-refractivity contribution in [1.29, 1.82) is 0 Å².